The van der Waals surface area contributed by atoms with Crippen LogP contribution in [0.25, 0.3) is 0 Å². The van der Waals surface area contributed by atoms with E-state index in [0.717, 1.165) is 5.69 Å². The number of aliphatic hydroxyl groups excluding tert-OH is 1. The van der Waals surface area contributed by atoms with Crippen molar-refractivity contribution in [3.8, 4) is 0 Å². The minimum Gasteiger partial charge on any atom is -0.395 e. The van der Waals surface area contributed by atoms with E-state index in [9.17, 15) is 4.79 Å². The van der Waals surface area contributed by atoms with Gasteiger partial charge >= 0.3 is 0 Å². The molecule has 0 radical (unpaired) electrons. The second-order valence-corrected chi connectivity index (χ2v) is 7.22. The minimum atomic E-state index is -0.152. The Morgan fingerprint density at radius 3 is 2.79 bits per heavy atom. The largest absolute Gasteiger partial charge is 0.395 e. The zero-order valence-corrected chi connectivity index (χ0v) is 14.5. The summed E-state index contributed by atoms with van der Waals surface area (Å²) in [5.41, 5.74) is 1.58. The fourth-order valence-electron chi connectivity index (χ4n) is 3.38. The van der Waals surface area contributed by atoms with E-state index in [4.69, 9.17) is 5.11 Å². The van der Waals surface area contributed by atoms with Gasteiger partial charge in [-0.1, -0.05) is 25.0 Å². The van der Waals surface area contributed by atoms with Gasteiger partial charge in [0.15, 0.2) is 0 Å². The Bertz CT molecular complexity index is 651. The van der Waals surface area contributed by atoms with Crippen molar-refractivity contribution in [1.29, 1.82) is 0 Å². The molecule has 1 aliphatic rings. The molecule has 1 aromatic carbocycles. The van der Waals surface area contributed by atoms with Gasteiger partial charge in [-0.15, -0.1) is 11.3 Å². The lowest BCUT2D eigenvalue weighted by Crippen LogP contribution is -2.26. The molecule has 1 aromatic heterocycles. The predicted octanol–water partition coefficient (Wildman–Crippen LogP) is 3.81. The summed E-state index contributed by atoms with van der Waals surface area (Å²) in [6.07, 6.45) is 5.12. The van der Waals surface area contributed by atoms with Gasteiger partial charge in [-0.25, -0.2) is 0 Å². The SMILES string of the molecule is O=C(NCCO)c1cccc(NC(c2cccs2)C2CCCC2)c1. The fourth-order valence-corrected chi connectivity index (χ4v) is 4.25. The van der Waals surface area contributed by atoms with Crippen molar-refractivity contribution in [3.05, 3.63) is 52.2 Å². The molecule has 4 nitrogen and oxygen atoms in total. The molecule has 1 aliphatic carbocycles. The van der Waals surface area contributed by atoms with Crippen LogP contribution in [0.1, 0.15) is 47.0 Å². The monoisotopic (exact) mass is 344 g/mol. The molecule has 2 aromatic rings. The summed E-state index contributed by atoms with van der Waals surface area (Å²) in [6.45, 7) is 0.224. The third kappa shape index (κ3) is 4.16. The number of carbonyl (C=O) groups excluding carboxylic acids is 1. The Balaban J connectivity index is 1.76. The van der Waals surface area contributed by atoms with Crippen LogP contribution < -0.4 is 10.6 Å². The Hall–Kier alpha value is -1.85. The van der Waals surface area contributed by atoms with Crippen LogP contribution in [0.3, 0.4) is 0 Å². The van der Waals surface area contributed by atoms with Gasteiger partial charge in [-0.05, 0) is 48.4 Å². The first-order valence-electron chi connectivity index (χ1n) is 8.57. The quantitative estimate of drug-likeness (QED) is 0.716. The number of amides is 1. The average molecular weight is 344 g/mol. The molecule has 0 aliphatic heterocycles. The number of carbonyl (C=O) groups is 1. The van der Waals surface area contributed by atoms with Gasteiger partial charge < -0.3 is 15.7 Å². The lowest BCUT2D eigenvalue weighted by atomic mass is 9.96. The van der Waals surface area contributed by atoms with E-state index in [-0.39, 0.29) is 19.1 Å². The Morgan fingerprint density at radius 1 is 1.25 bits per heavy atom. The Labute approximate surface area is 146 Å². The number of nitrogens with one attached hydrogen (secondary N) is 2. The highest BCUT2D eigenvalue weighted by molar-refractivity contribution is 7.10. The second-order valence-electron chi connectivity index (χ2n) is 6.24. The van der Waals surface area contributed by atoms with Crippen molar-refractivity contribution in [2.75, 3.05) is 18.5 Å². The third-order valence-electron chi connectivity index (χ3n) is 4.57. The summed E-state index contributed by atoms with van der Waals surface area (Å²) >= 11 is 1.79. The molecule has 0 bridgehead atoms. The maximum absolute atomic E-state index is 12.1. The smallest absolute Gasteiger partial charge is 0.251 e. The van der Waals surface area contributed by atoms with E-state index < -0.39 is 0 Å². The number of hydrogen-bond acceptors (Lipinski definition) is 4. The summed E-state index contributed by atoms with van der Waals surface area (Å²) in [6, 6.07) is 12.2. The average Bonchev–Trinajstić information content (AvgIpc) is 3.31. The number of aliphatic hydroxyl groups is 1. The highest BCUT2D eigenvalue weighted by atomic mass is 32.1. The molecule has 1 unspecified atom stereocenters. The van der Waals surface area contributed by atoms with Crippen LogP contribution in [-0.2, 0) is 0 Å². The number of hydrogen-bond donors (Lipinski definition) is 3. The molecule has 1 heterocycles. The molecule has 5 heteroatoms. The maximum Gasteiger partial charge on any atom is 0.251 e. The molecule has 1 atom stereocenters. The van der Waals surface area contributed by atoms with Crippen LogP contribution >= 0.6 is 11.3 Å². The number of rotatable bonds is 7. The third-order valence-corrected chi connectivity index (χ3v) is 5.52. The highest BCUT2D eigenvalue weighted by Gasteiger charge is 2.27. The van der Waals surface area contributed by atoms with Crippen LogP contribution in [0, 0.1) is 5.92 Å². The molecule has 3 rings (SSSR count). The van der Waals surface area contributed by atoms with Crippen molar-refractivity contribution in [1.82, 2.24) is 5.32 Å². The Kier molecular flexibility index (Phi) is 5.88. The molecule has 0 spiro atoms. The molecule has 0 saturated heterocycles. The standard InChI is InChI=1S/C19H24N2O2S/c22-11-10-20-19(23)15-7-3-8-16(13-15)21-18(14-5-1-2-6-14)17-9-4-12-24-17/h3-4,7-9,12-14,18,21-22H,1-2,5-6,10-11H2,(H,20,23). The van der Waals surface area contributed by atoms with Gasteiger partial charge in [0.05, 0.1) is 12.6 Å². The summed E-state index contributed by atoms with van der Waals surface area (Å²) in [7, 11) is 0. The first-order chi connectivity index (χ1) is 11.8. The lowest BCUT2D eigenvalue weighted by Gasteiger charge is -2.25. The molecule has 1 fully saturated rings. The van der Waals surface area contributed by atoms with E-state index in [1.54, 1.807) is 17.4 Å². The minimum absolute atomic E-state index is 0.0498. The van der Waals surface area contributed by atoms with Crippen molar-refractivity contribution in [2.24, 2.45) is 5.92 Å². The molecule has 3 N–H and O–H groups in total. The Morgan fingerprint density at radius 2 is 2.08 bits per heavy atom. The number of anilines is 1. The van der Waals surface area contributed by atoms with Gasteiger partial charge in [0, 0.05) is 22.7 Å². The molecular formula is C19H24N2O2S. The number of benzene rings is 1. The van der Waals surface area contributed by atoms with E-state index in [2.05, 4.69) is 28.1 Å². The van der Waals surface area contributed by atoms with E-state index >= 15 is 0 Å². The second kappa shape index (κ2) is 8.31. The van der Waals surface area contributed by atoms with Crippen LogP contribution in [0.5, 0.6) is 0 Å². The first kappa shape index (κ1) is 17.0. The van der Waals surface area contributed by atoms with Crippen LogP contribution in [-0.4, -0.2) is 24.2 Å². The van der Waals surface area contributed by atoms with Crippen LogP contribution in [0.4, 0.5) is 5.69 Å². The summed E-state index contributed by atoms with van der Waals surface area (Å²) in [4.78, 5) is 13.4. The summed E-state index contributed by atoms with van der Waals surface area (Å²) < 4.78 is 0. The van der Waals surface area contributed by atoms with Crippen LogP contribution in [0.15, 0.2) is 41.8 Å². The van der Waals surface area contributed by atoms with Crippen molar-refractivity contribution >= 4 is 22.9 Å². The molecule has 1 amide bonds. The summed E-state index contributed by atoms with van der Waals surface area (Å²) in [5, 5.41) is 17.3. The van der Waals surface area contributed by atoms with Crippen molar-refractivity contribution in [2.45, 2.75) is 31.7 Å². The molecule has 128 valence electrons. The lowest BCUT2D eigenvalue weighted by molar-refractivity contribution is 0.0945. The summed E-state index contributed by atoms with van der Waals surface area (Å²) in [5.74, 6) is 0.497. The van der Waals surface area contributed by atoms with Gasteiger partial charge in [0.25, 0.3) is 5.91 Å². The number of thiophene rings is 1. The maximum atomic E-state index is 12.1. The van der Waals surface area contributed by atoms with Gasteiger partial charge in [-0.2, -0.15) is 0 Å². The van der Waals surface area contributed by atoms with Gasteiger partial charge in [0.2, 0.25) is 0 Å². The zero-order valence-electron chi connectivity index (χ0n) is 13.7. The van der Waals surface area contributed by atoms with E-state index in [1.165, 1.54) is 30.6 Å². The van der Waals surface area contributed by atoms with Gasteiger partial charge in [0.1, 0.15) is 0 Å². The molecular weight excluding hydrogens is 320 g/mol. The van der Waals surface area contributed by atoms with E-state index in [1.807, 2.05) is 18.2 Å². The molecule has 24 heavy (non-hydrogen) atoms. The normalized spacial score (nSPS) is 16.0. The topological polar surface area (TPSA) is 61.4 Å². The first-order valence-corrected chi connectivity index (χ1v) is 9.45. The van der Waals surface area contributed by atoms with Crippen molar-refractivity contribution in [3.63, 3.8) is 0 Å². The van der Waals surface area contributed by atoms with Gasteiger partial charge in [-0.3, -0.25) is 4.79 Å². The predicted molar refractivity (Wildman–Crippen MR) is 98.5 cm³/mol. The van der Waals surface area contributed by atoms with E-state index in [0.29, 0.717) is 17.5 Å². The van der Waals surface area contributed by atoms with Crippen molar-refractivity contribution < 1.29 is 9.90 Å². The zero-order chi connectivity index (χ0) is 16.8. The van der Waals surface area contributed by atoms with Crippen LogP contribution in [0.2, 0.25) is 0 Å². The molecule has 1 saturated carbocycles. The fraction of sp³-hybridized carbons (Fsp3) is 0.421. The highest BCUT2D eigenvalue weighted by Crippen LogP contribution is 2.39.